The normalized spacial score (nSPS) is 29.6. The van der Waals surface area contributed by atoms with Crippen LogP contribution in [0.1, 0.15) is 86.0 Å². The van der Waals surface area contributed by atoms with Crippen molar-refractivity contribution in [2.24, 2.45) is 17.8 Å². The molecule has 15 nitrogen and oxygen atoms in total. The molecule has 304 valence electrons. The van der Waals surface area contributed by atoms with Crippen molar-refractivity contribution >= 4 is 44.6 Å². The lowest BCUT2D eigenvalue weighted by Gasteiger charge is -2.34. The molecule has 1 aromatic heterocycles. The van der Waals surface area contributed by atoms with Gasteiger partial charge in [0.2, 0.25) is 27.7 Å². The van der Waals surface area contributed by atoms with E-state index in [1.54, 1.807) is 39.1 Å². The summed E-state index contributed by atoms with van der Waals surface area (Å²) in [6, 6.07) is 3.24. The molecule has 7 rings (SSSR count). The van der Waals surface area contributed by atoms with Crippen LogP contribution in [0, 0.1) is 17.8 Å². The predicted octanol–water partition coefficient (Wildman–Crippen LogP) is 4.13. The molecular formula is C40H53N5O10S. The molecule has 3 fully saturated rings. The predicted molar refractivity (Wildman–Crippen MR) is 205 cm³/mol. The van der Waals surface area contributed by atoms with Gasteiger partial charge in [-0.3, -0.25) is 19.1 Å². The number of sulfonamides is 1. The summed E-state index contributed by atoms with van der Waals surface area (Å²) < 4.78 is 51.9. The van der Waals surface area contributed by atoms with Gasteiger partial charge in [-0.1, -0.05) is 32.4 Å². The Balaban J connectivity index is 1.23. The van der Waals surface area contributed by atoms with E-state index in [4.69, 9.17) is 18.9 Å². The molecule has 4 heterocycles. The number of ether oxygens (including phenoxy) is 4. The zero-order valence-electron chi connectivity index (χ0n) is 32.7. The number of nitrogens with zero attached hydrogens (tertiary/aromatic N) is 2. The Morgan fingerprint density at radius 3 is 2.57 bits per heavy atom. The molecule has 4 amide bonds. The lowest BCUT2D eigenvalue weighted by atomic mass is 9.85. The number of carbonyl (C=O) groups excluding carboxylic acids is 4. The molecule has 5 aliphatic rings. The van der Waals surface area contributed by atoms with Gasteiger partial charge in [-0.2, -0.15) is 0 Å². The second kappa shape index (κ2) is 15.4. The Labute approximate surface area is 327 Å². The van der Waals surface area contributed by atoms with Crippen molar-refractivity contribution in [2.75, 3.05) is 19.8 Å². The highest BCUT2D eigenvalue weighted by Gasteiger charge is 2.62. The molecule has 3 N–H and O–H groups in total. The second-order valence-corrected chi connectivity index (χ2v) is 18.8. The number of rotatable bonds is 7. The highest BCUT2D eigenvalue weighted by molar-refractivity contribution is 7.91. The van der Waals surface area contributed by atoms with E-state index in [0.717, 1.165) is 11.8 Å². The van der Waals surface area contributed by atoms with E-state index in [0.29, 0.717) is 62.2 Å². The lowest BCUT2D eigenvalue weighted by molar-refractivity contribution is -0.142. The van der Waals surface area contributed by atoms with Crippen molar-refractivity contribution in [3.8, 4) is 17.4 Å². The first kappa shape index (κ1) is 39.6. The summed E-state index contributed by atoms with van der Waals surface area (Å²) in [5.41, 5.74) is -2.35. The number of alkyl carbamates (subject to hydrolysis) is 1. The van der Waals surface area contributed by atoms with Crippen molar-refractivity contribution in [1.29, 1.82) is 0 Å². The number of aromatic nitrogens is 1. The van der Waals surface area contributed by atoms with Gasteiger partial charge in [-0.05, 0) is 89.3 Å². The first-order valence-corrected chi connectivity index (χ1v) is 21.3. The molecule has 2 aliphatic carbocycles. The summed E-state index contributed by atoms with van der Waals surface area (Å²) in [5, 5.41) is 6.52. The van der Waals surface area contributed by atoms with Gasteiger partial charge in [0.05, 0.1) is 11.8 Å². The van der Waals surface area contributed by atoms with Gasteiger partial charge < -0.3 is 34.5 Å². The summed E-state index contributed by atoms with van der Waals surface area (Å²) in [6.07, 6.45) is 7.76. The van der Waals surface area contributed by atoms with Crippen molar-refractivity contribution in [3.05, 3.63) is 36.5 Å². The van der Waals surface area contributed by atoms with E-state index in [1.807, 2.05) is 25.1 Å². The summed E-state index contributed by atoms with van der Waals surface area (Å²) in [6.45, 7) is 10.1. The minimum absolute atomic E-state index is 0.0311. The fourth-order valence-corrected chi connectivity index (χ4v) is 9.50. The van der Waals surface area contributed by atoms with Crippen molar-refractivity contribution in [3.63, 3.8) is 0 Å². The molecule has 56 heavy (non-hydrogen) atoms. The number of hydrogen-bond donors (Lipinski definition) is 3. The zero-order chi connectivity index (χ0) is 40.0. The molecular weight excluding hydrogens is 743 g/mol. The number of amides is 4. The highest BCUT2D eigenvalue weighted by atomic mass is 32.2. The smallest absolute Gasteiger partial charge is 0.408 e. The lowest BCUT2D eigenvalue weighted by Crippen LogP contribution is -2.59. The molecule has 0 spiro atoms. The fraction of sp³-hybridized carbons (Fsp3) is 0.625. The monoisotopic (exact) mass is 795 g/mol. The minimum atomic E-state index is -3.91. The summed E-state index contributed by atoms with van der Waals surface area (Å²) in [7, 11) is -3.91. The first-order chi connectivity index (χ1) is 26.6. The molecule has 0 radical (unpaired) electrons. The van der Waals surface area contributed by atoms with Gasteiger partial charge in [0.25, 0.3) is 5.91 Å². The molecule has 3 aliphatic heterocycles. The number of allylic oxidation sites excluding steroid dienone is 1. The van der Waals surface area contributed by atoms with Gasteiger partial charge in [-0.25, -0.2) is 18.2 Å². The summed E-state index contributed by atoms with van der Waals surface area (Å²) in [5.74, 6) is -1.03. The molecule has 2 saturated carbocycles. The maximum Gasteiger partial charge on any atom is 0.408 e. The molecule has 0 bridgehead atoms. The Bertz CT molecular complexity index is 2010. The molecule has 2 aromatic rings. The van der Waals surface area contributed by atoms with Crippen LogP contribution in [0.3, 0.4) is 0 Å². The fourth-order valence-electron chi connectivity index (χ4n) is 8.14. The maximum atomic E-state index is 14.9. The van der Waals surface area contributed by atoms with Gasteiger partial charge >= 0.3 is 6.09 Å². The molecule has 7 atom stereocenters. The third-order valence-corrected chi connectivity index (χ3v) is 13.2. The van der Waals surface area contributed by atoms with Gasteiger partial charge in [0.15, 0.2) is 11.5 Å². The third-order valence-electron chi connectivity index (χ3n) is 11.3. The van der Waals surface area contributed by atoms with Crippen LogP contribution >= 0.6 is 0 Å². The highest BCUT2D eigenvalue weighted by Crippen LogP contribution is 2.46. The summed E-state index contributed by atoms with van der Waals surface area (Å²) >= 11 is 0. The van der Waals surface area contributed by atoms with Crippen LogP contribution in [0.5, 0.6) is 17.4 Å². The number of pyridine rings is 1. The quantitative estimate of drug-likeness (QED) is 0.342. The SMILES string of the molecule is CCC1CC(C)CCC=CC2CC2(C(=O)NS(=O)(=O)C2CC2)NC(=O)C2CC(Oc3nccc4c5c(ccc34)OCCO5)CN2C(=O)C1NC(=O)OC(C)(C)C. The third kappa shape index (κ3) is 8.40. The maximum absolute atomic E-state index is 14.9. The Morgan fingerprint density at radius 2 is 1.84 bits per heavy atom. The average Bonchev–Trinajstić information content (AvgIpc) is 4.07. The van der Waals surface area contributed by atoms with Crippen LogP contribution in [0.2, 0.25) is 0 Å². The van der Waals surface area contributed by atoms with E-state index in [1.165, 1.54) is 4.90 Å². The van der Waals surface area contributed by atoms with Crippen LogP contribution in [0.4, 0.5) is 4.79 Å². The number of nitrogens with one attached hydrogen (secondary N) is 3. The number of hydrogen-bond acceptors (Lipinski definition) is 11. The molecule has 1 saturated heterocycles. The van der Waals surface area contributed by atoms with Crippen molar-refractivity contribution in [1.82, 2.24) is 25.2 Å². The van der Waals surface area contributed by atoms with Crippen LogP contribution < -0.4 is 29.6 Å². The van der Waals surface area contributed by atoms with E-state index in [-0.39, 0.29) is 37.1 Å². The van der Waals surface area contributed by atoms with E-state index in [9.17, 15) is 27.6 Å². The number of benzene rings is 1. The van der Waals surface area contributed by atoms with Crippen LogP contribution in [-0.2, 0) is 29.1 Å². The Hall–Kier alpha value is -4.60. The van der Waals surface area contributed by atoms with Gasteiger partial charge in [-0.15, -0.1) is 0 Å². The first-order valence-electron chi connectivity index (χ1n) is 19.8. The molecule has 16 heteroatoms. The number of carbonyl (C=O) groups is 4. The van der Waals surface area contributed by atoms with Crippen LogP contribution in [0.15, 0.2) is 36.5 Å². The average molecular weight is 796 g/mol. The number of fused-ring (bicyclic) bond motifs is 5. The molecule has 1 aromatic carbocycles. The largest absolute Gasteiger partial charge is 0.486 e. The van der Waals surface area contributed by atoms with Crippen molar-refractivity contribution < 1.29 is 46.5 Å². The molecule has 7 unspecified atom stereocenters. The van der Waals surface area contributed by atoms with Crippen LogP contribution in [0.25, 0.3) is 10.8 Å². The Morgan fingerprint density at radius 1 is 1.07 bits per heavy atom. The Kier molecular flexibility index (Phi) is 10.9. The van der Waals surface area contributed by atoms with E-state index in [2.05, 4.69) is 27.3 Å². The van der Waals surface area contributed by atoms with E-state index >= 15 is 0 Å². The summed E-state index contributed by atoms with van der Waals surface area (Å²) in [4.78, 5) is 62.6. The van der Waals surface area contributed by atoms with Gasteiger partial charge in [0, 0.05) is 29.3 Å². The zero-order valence-corrected chi connectivity index (χ0v) is 33.5. The van der Waals surface area contributed by atoms with E-state index < -0.39 is 74.3 Å². The van der Waals surface area contributed by atoms with Crippen LogP contribution in [-0.4, -0.2) is 96.5 Å². The second-order valence-electron chi connectivity index (χ2n) is 16.9. The topological polar surface area (TPSA) is 192 Å². The minimum Gasteiger partial charge on any atom is -0.486 e. The standard InChI is InChI=1S/C40H53N5O10S/c1-6-24-19-23(2)9-7-8-10-25-21-40(25,37(48)44-56(50,51)27-11-12-27)43-34(46)30-20-26(22-45(30)36(47)32(24)42-38(49)55-39(3,4)5)54-35-29-13-14-31-33(53-18-17-52-31)28(29)15-16-41-35/h8,10,13-16,23-27,30,32H,6-7,9,11-12,17-22H2,1-5H3,(H,42,49)(H,43,46)(H,44,48). The van der Waals surface area contributed by atoms with Gasteiger partial charge in [0.1, 0.15) is 42.5 Å². The van der Waals surface area contributed by atoms with Crippen molar-refractivity contribution in [2.45, 2.75) is 121 Å².